The van der Waals surface area contributed by atoms with Crippen LogP contribution in [-0.4, -0.2) is 34.1 Å². The molecule has 3 nitrogen and oxygen atoms in total. The summed E-state index contributed by atoms with van der Waals surface area (Å²) < 4.78 is 12.8. The summed E-state index contributed by atoms with van der Waals surface area (Å²) in [5, 5.41) is 9.86. The summed E-state index contributed by atoms with van der Waals surface area (Å²) in [6.45, 7) is 4.39. The molecule has 1 saturated heterocycles. The molecule has 1 fully saturated rings. The van der Waals surface area contributed by atoms with E-state index in [2.05, 4.69) is 0 Å². The number of halogens is 1. The topological polar surface area (TPSA) is 40.5 Å². The molecule has 104 valence electrons. The van der Waals surface area contributed by atoms with Crippen LogP contribution >= 0.6 is 0 Å². The van der Waals surface area contributed by atoms with Gasteiger partial charge in [-0.15, -0.1) is 0 Å². The molecule has 0 radical (unpaired) electrons. The zero-order valence-electron chi connectivity index (χ0n) is 11.4. The monoisotopic (exact) mass is 265 g/mol. The van der Waals surface area contributed by atoms with Gasteiger partial charge in [-0.2, -0.15) is 0 Å². The van der Waals surface area contributed by atoms with Crippen LogP contribution < -0.4 is 0 Å². The second-order valence-corrected chi connectivity index (χ2v) is 5.63. The third-order valence-electron chi connectivity index (χ3n) is 3.98. The third kappa shape index (κ3) is 2.95. The molecule has 0 saturated carbocycles. The van der Waals surface area contributed by atoms with E-state index in [-0.39, 0.29) is 11.7 Å². The minimum absolute atomic E-state index is 0.0471. The van der Waals surface area contributed by atoms with Crippen LogP contribution in [0.25, 0.3) is 0 Å². The maximum absolute atomic E-state index is 12.8. The number of hydrogen-bond acceptors (Lipinski definition) is 2. The number of rotatable bonds is 3. The molecule has 0 bridgehead atoms. The van der Waals surface area contributed by atoms with Crippen molar-refractivity contribution < 1.29 is 14.3 Å². The van der Waals surface area contributed by atoms with Crippen LogP contribution in [0.3, 0.4) is 0 Å². The molecule has 1 N–H and O–H groups in total. The Morgan fingerprint density at radius 1 is 1.42 bits per heavy atom. The van der Waals surface area contributed by atoms with Crippen LogP contribution in [0.4, 0.5) is 4.39 Å². The Kier molecular flexibility index (Phi) is 3.90. The molecule has 0 aliphatic carbocycles. The lowest BCUT2D eigenvalue weighted by Crippen LogP contribution is -2.48. The second-order valence-electron chi connectivity index (χ2n) is 5.63. The van der Waals surface area contributed by atoms with Gasteiger partial charge in [-0.3, -0.25) is 4.79 Å². The van der Waals surface area contributed by atoms with Crippen LogP contribution in [0.15, 0.2) is 24.3 Å². The van der Waals surface area contributed by atoms with Crippen molar-refractivity contribution >= 4 is 5.91 Å². The van der Waals surface area contributed by atoms with E-state index in [1.807, 2.05) is 13.8 Å². The van der Waals surface area contributed by atoms with E-state index >= 15 is 0 Å². The fraction of sp³-hybridized carbons (Fsp3) is 0.533. The van der Waals surface area contributed by atoms with E-state index in [1.54, 1.807) is 17.0 Å². The Hall–Kier alpha value is -1.42. The highest BCUT2D eigenvalue weighted by Crippen LogP contribution is 2.29. The average Bonchev–Trinajstić information content (AvgIpc) is 2.63. The zero-order chi connectivity index (χ0) is 14.0. The number of aliphatic hydroxyl groups excluding tert-OH is 1. The minimum atomic E-state index is -0.486. The predicted molar refractivity (Wildman–Crippen MR) is 71.1 cm³/mol. The maximum Gasteiger partial charge on any atom is 0.223 e. The van der Waals surface area contributed by atoms with Crippen molar-refractivity contribution in [1.29, 1.82) is 0 Å². The Morgan fingerprint density at radius 3 is 2.58 bits per heavy atom. The number of aryl methyl sites for hydroxylation is 1. The fourth-order valence-electron chi connectivity index (χ4n) is 2.56. The summed E-state index contributed by atoms with van der Waals surface area (Å²) in [6.07, 6.45) is 1.17. The van der Waals surface area contributed by atoms with Gasteiger partial charge in [-0.05, 0) is 44.4 Å². The first-order valence-electron chi connectivity index (χ1n) is 6.64. The van der Waals surface area contributed by atoms with Gasteiger partial charge in [-0.25, -0.2) is 4.39 Å². The largest absolute Gasteiger partial charge is 0.391 e. The average molecular weight is 265 g/mol. The molecule has 0 spiro atoms. The number of aliphatic hydroxyl groups is 1. The number of nitrogens with zero attached hydrogens (tertiary/aromatic N) is 1. The molecule has 1 amide bonds. The van der Waals surface area contributed by atoms with Crippen LogP contribution in [0, 0.1) is 5.82 Å². The van der Waals surface area contributed by atoms with Gasteiger partial charge in [0.2, 0.25) is 5.91 Å². The highest BCUT2D eigenvalue weighted by atomic mass is 19.1. The number of amides is 1. The van der Waals surface area contributed by atoms with Crippen molar-refractivity contribution in [1.82, 2.24) is 4.90 Å². The predicted octanol–water partition coefficient (Wildman–Crippen LogP) is 2.13. The van der Waals surface area contributed by atoms with Crippen LogP contribution in [0.5, 0.6) is 0 Å². The van der Waals surface area contributed by atoms with Gasteiger partial charge in [0, 0.05) is 13.0 Å². The number of carbonyl (C=O) groups is 1. The van der Waals surface area contributed by atoms with Crippen molar-refractivity contribution in [2.24, 2.45) is 0 Å². The first kappa shape index (κ1) is 14.0. The highest BCUT2D eigenvalue weighted by molar-refractivity contribution is 5.77. The summed E-state index contributed by atoms with van der Waals surface area (Å²) in [5.41, 5.74) is 0.465. The molecule has 1 aliphatic heterocycles. The quantitative estimate of drug-likeness (QED) is 0.909. The molecular weight excluding hydrogens is 245 g/mol. The first-order chi connectivity index (χ1) is 8.91. The lowest BCUT2D eigenvalue weighted by atomic mass is 9.98. The number of benzene rings is 1. The van der Waals surface area contributed by atoms with E-state index in [1.165, 1.54) is 12.1 Å². The molecule has 1 atom stereocenters. The zero-order valence-corrected chi connectivity index (χ0v) is 11.4. The van der Waals surface area contributed by atoms with E-state index in [0.29, 0.717) is 25.8 Å². The molecule has 0 aromatic heterocycles. The molecule has 1 heterocycles. The van der Waals surface area contributed by atoms with E-state index in [4.69, 9.17) is 0 Å². The van der Waals surface area contributed by atoms with E-state index in [9.17, 15) is 14.3 Å². The highest BCUT2D eigenvalue weighted by Gasteiger charge is 2.42. The molecule has 1 unspecified atom stereocenters. The standard InChI is InChI=1S/C15H20FNO2/c1-15(2)13(18)9-10-17(15)14(19)8-5-11-3-6-12(16)7-4-11/h3-4,6-7,13,18H,5,8-10H2,1-2H3. The van der Waals surface area contributed by atoms with E-state index in [0.717, 1.165) is 5.56 Å². The first-order valence-corrected chi connectivity index (χ1v) is 6.64. The van der Waals surface area contributed by atoms with Gasteiger partial charge in [0.25, 0.3) is 0 Å². The number of hydrogen-bond donors (Lipinski definition) is 1. The van der Waals surface area contributed by atoms with Crippen molar-refractivity contribution in [3.63, 3.8) is 0 Å². The smallest absolute Gasteiger partial charge is 0.223 e. The van der Waals surface area contributed by atoms with Crippen LogP contribution in [-0.2, 0) is 11.2 Å². The van der Waals surface area contributed by atoms with Gasteiger partial charge in [0.15, 0.2) is 0 Å². The molecule has 1 aliphatic rings. The molecule has 19 heavy (non-hydrogen) atoms. The van der Waals surface area contributed by atoms with Gasteiger partial charge in [0.05, 0.1) is 11.6 Å². The normalized spacial score (nSPS) is 21.7. The molecule has 1 aromatic rings. The van der Waals surface area contributed by atoms with Crippen molar-refractivity contribution in [2.45, 2.75) is 44.8 Å². The Morgan fingerprint density at radius 2 is 2.05 bits per heavy atom. The Bertz CT molecular complexity index is 456. The van der Waals surface area contributed by atoms with Crippen LogP contribution in [0.1, 0.15) is 32.3 Å². The maximum atomic E-state index is 12.8. The number of carbonyl (C=O) groups excluding carboxylic acids is 1. The minimum Gasteiger partial charge on any atom is -0.391 e. The van der Waals surface area contributed by atoms with Gasteiger partial charge in [0.1, 0.15) is 5.82 Å². The summed E-state index contributed by atoms with van der Waals surface area (Å²) in [6, 6.07) is 6.21. The molecule has 4 heteroatoms. The van der Waals surface area contributed by atoms with Gasteiger partial charge in [-0.1, -0.05) is 12.1 Å². The molecule has 1 aromatic carbocycles. The Labute approximate surface area is 113 Å². The summed E-state index contributed by atoms with van der Waals surface area (Å²) in [4.78, 5) is 13.9. The van der Waals surface area contributed by atoms with Crippen molar-refractivity contribution in [3.8, 4) is 0 Å². The Balaban J connectivity index is 1.93. The fourth-order valence-corrected chi connectivity index (χ4v) is 2.56. The van der Waals surface area contributed by atoms with Gasteiger partial charge < -0.3 is 10.0 Å². The van der Waals surface area contributed by atoms with Gasteiger partial charge >= 0.3 is 0 Å². The second kappa shape index (κ2) is 5.29. The summed E-state index contributed by atoms with van der Waals surface area (Å²) in [5.74, 6) is -0.218. The van der Waals surface area contributed by atoms with E-state index < -0.39 is 11.6 Å². The summed E-state index contributed by atoms with van der Waals surface area (Å²) >= 11 is 0. The summed E-state index contributed by atoms with van der Waals surface area (Å²) in [7, 11) is 0. The molecule has 2 rings (SSSR count). The lowest BCUT2D eigenvalue weighted by Gasteiger charge is -2.33. The third-order valence-corrected chi connectivity index (χ3v) is 3.98. The lowest BCUT2D eigenvalue weighted by molar-refractivity contribution is -0.136. The van der Waals surface area contributed by atoms with Crippen LogP contribution in [0.2, 0.25) is 0 Å². The SMILES string of the molecule is CC1(C)C(O)CCN1C(=O)CCc1ccc(F)cc1. The van der Waals surface area contributed by atoms with Crippen molar-refractivity contribution in [3.05, 3.63) is 35.6 Å². The number of likely N-dealkylation sites (tertiary alicyclic amines) is 1. The molecular formula is C15H20FNO2. The van der Waals surface area contributed by atoms with Crippen molar-refractivity contribution in [2.75, 3.05) is 6.54 Å².